The van der Waals surface area contributed by atoms with Crippen molar-refractivity contribution < 1.29 is 4.79 Å². The zero-order valence-corrected chi connectivity index (χ0v) is 9.23. The molecule has 1 saturated heterocycles. The third kappa shape index (κ3) is 1.38. The predicted molar refractivity (Wildman–Crippen MR) is 55.2 cm³/mol. The number of piperazine rings is 1. The van der Waals surface area contributed by atoms with E-state index in [0.29, 0.717) is 12.1 Å². The van der Waals surface area contributed by atoms with E-state index in [9.17, 15) is 4.79 Å². The Labute approximate surface area is 85.5 Å². The molecular formula is C10H19N3O. The number of amides is 2. The molecule has 1 aliphatic heterocycles. The van der Waals surface area contributed by atoms with Gasteiger partial charge >= 0.3 is 6.03 Å². The van der Waals surface area contributed by atoms with Crippen LogP contribution in [0, 0.1) is 0 Å². The molecule has 1 saturated carbocycles. The second kappa shape index (κ2) is 3.42. The van der Waals surface area contributed by atoms with Crippen LogP contribution in [0.2, 0.25) is 0 Å². The Kier molecular flexibility index (Phi) is 2.39. The Morgan fingerprint density at radius 2 is 1.86 bits per heavy atom. The number of hydrogen-bond acceptors (Lipinski definition) is 2. The number of carbonyl (C=O) groups excluding carboxylic acids is 1. The minimum atomic E-state index is 0.174. The normalized spacial score (nSPS) is 32.1. The van der Waals surface area contributed by atoms with Crippen molar-refractivity contribution in [2.24, 2.45) is 0 Å². The summed E-state index contributed by atoms with van der Waals surface area (Å²) in [6.07, 6.45) is 2.42. The van der Waals surface area contributed by atoms with E-state index in [-0.39, 0.29) is 6.03 Å². The molecule has 2 unspecified atom stereocenters. The summed E-state index contributed by atoms with van der Waals surface area (Å²) in [6, 6.07) is 1.27. The maximum Gasteiger partial charge on any atom is 0.319 e. The molecule has 2 amide bonds. The zero-order valence-electron chi connectivity index (χ0n) is 9.23. The molecular weight excluding hydrogens is 178 g/mol. The quantitative estimate of drug-likeness (QED) is 0.563. The minimum absolute atomic E-state index is 0.174. The molecule has 0 bridgehead atoms. The molecule has 0 N–H and O–H groups in total. The van der Waals surface area contributed by atoms with Gasteiger partial charge < -0.3 is 9.80 Å². The van der Waals surface area contributed by atoms with Crippen LogP contribution >= 0.6 is 0 Å². The van der Waals surface area contributed by atoms with Crippen LogP contribution in [0.15, 0.2) is 0 Å². The van der Waals surface area contributed by atoms with Crippen molar-refractivity contribution in [2.45, 2.75) is 24.9 Å². The van der Waals surface area contributed by atoms with Crippen molar-refractivity contribution in [3.8, 4) is 0 Å². The Balaban J connectivity index is 2.04. The fourth-order valence-corrected chi connectivity index (χ4v) is 2.43. The van der Waals surface area contributed by atoms with E-state index in [0.717, 1.165) is 13.1 Å². The Bertz CT molecular complexity index is 242. The van der Waals surface area contributed by atoms with Gasteiger partial charge in [-0.2, -0.15) is 0 Å². The average molecular weight is 197 g/mol. The second-order valence-electron chi connectivity index (χ2n) is 4.56. The summed E-state index contributed by atoms with van der Waals surface area (Å²) < 4.78 is 0. The molecule has 0 radical (unpaired) electrons. The Morgan fingerprint density at radius 3 is 2.36 bits per heavy atom. The fourth-order valence-electron chi connectivity index (χ4n) is 2.43. The van der Waals surface area contributed by atoms with Crippen LogP contribution in [0.1, 0.15) is 12.8 Å². The van der Waals surface area contributed by atoms with Crippen molar-refractivity contribution in [1.82, 2.24) is 14.7 Å². The first kappa shape index (κ1) is 9.77. The molecule has 80 valence electrons. The van der Waals surface area contributed by atoms with Gasteiger partial charge in [-0.25, -0.2) is 4.79 Å². The summed E-state index contributed by atoms with van der Waals surface area (Å²) in [4.78, 5) is 17.9. The molecule has 14 heavy (non-hydrogen) atoms. The molecule has 2 aliphatic rings. The highest BCUT2D eigenvalue weighted by molar-refractivity contribution is 5.74. The first-order valence-corrected chi connectivity index (χ1v) is 5.29. The predicted octanol–water partition coefficient (Wildman–Crippen LogP) is 0.446. The SMILES string of the molecule is CN(C)C(=O)N1CCN(C)C2CCC21. The number of likely N-dealkylation sites (N-methyl/N-ethyl adjacent to an activating group) is 1. The number of urea groups is 1. The lowest BCUT2D eigenvalue weighted by Crippen LogP contribution is -2.66. The summed E-state index contributed by atoms with van der Waals surface area (Å²) in [5.41, 5.74) is 0. The van der Waals surface area contributed by atoms with Gasteiger partial charge in [0.2, 0.25) is 0 Å². The fraction of sp³-hybridized carbons (Fsp3) is 0.900. The van der Waals surface area contributed by atoms with Crippen LogP contribution in [-0.2, 0) is 0 Å². The second-order valence-corrected chi connectivity index (χ2v) is 4.56. The number of rotatable bonds is 0. The lowest BCUT2D eigenvalue weighted by atomic mass is 9.82. The van der Waals surface area contributed by atoms with Gasteiger partial charge in [-0.05, 0) is 19.9 Å². The molecule has 1 aliphatic carbocycles. The van der Waals surface area contributed by atoms with Gasteiger partial charge in [-0.3, -0.25) is 4.90 Å². The van der Waals surface area contributed by atoms with E-state index in [1.807, 2.05) is 19.0 Å². The third-order valence-corrected chi connectivity index (χ3v) is 3.49. The van der Waals surface area contributed by atoms with Crippen LogP contribution in [0.5, 0.6) is 0 Å². The monoisotopic (exact) mass is 197 g/mol. The van der Waals surface area contributed by atoms with E-state index in [1.54, 1.807) is 4.90 Å². The maximum absolute atomic E-state index is 11.8. The first-order chi connectivity index (χ1) is 6.61. The van der Waals surface area contributed by atoms with Crippen molar-refractivity contribution >= 4 is 6.03 Å². The lowest BCUT2D eigenvalue weighted by Gasteiger charge is -2.53. The van der Waals surface area contributed by atoms with Crippen LogP contribution < -0.4 is 0 Å². The zero-order chi connectivity index (χ0) is 10.3. The van der Waals surface area contributed by atoms with Crippen LogP contribution in [0.25, 0.3) is 0 Å². The van der Waals surface area contributed by atoms with Crippen molar-refractivity contribution in [3.63, 3.8) is 0 Å². The molecule has 0 aromatic rings. The molecule has 0 spiro atoms. The summed E-state index contributed by atoms with van der Waals surface area (Å²) >= 11 is 0. The number of fused-ring (bicyclic) bond motifs is 1. The number of nitrogens with zero attached hydrogens (tertiary/aromatic N) is 3. The van der Waals surface area contributed by atoms with Crippen LogP contribution in [-0.4, -0.2) is 67.0 Å². The molecule has 0 aromatic heterocycles. The van der Waals surface area contributed by atoms with Crippen molar-refractivity contribution in [2.75, 3.05) is 34.2 Å². The van der Waals surface area contributed by atoms with Crippen molar-refractivity contribution in [1.29, 1.82) is 0 Å². The Hall–Kier alpha value is -0.770. The highest BCUT2D eigenvalue weighted by Crippen LogP contribution is 2.32. The van der Waals surface area contributed by atoms with Gasteiger partial charge in [0.25, 0.3) is 0 Å². The summed E-state index contributed by atoms with van der Waals surface area (Å²) in [7, 11) is 5.82. The van der Waals surface area contributed by atoms with E-state index < -0.39 is 0 Å². The smallest absolute Gasteiger partial charge is 0.319 e. The van der Waals surface area contributed by atoms with Gasteiger partial charge in [-0.15, -0.1) is 0 Å². The summed E-state index contributed by atoms with van der Waals surface area (Å²) in [5, 5.41) is 0. The molecule has 2 rings (SSSR count). The van der Waals surface area contributed by atoms with Crippen LogP contribution in [0.3, 0.4) is 0 Å². The average Bonchev–Trinajstić information content (AvgIpc) is 2.06. The molecule has 1 heterocycles. The lowest BCUT2D eigenvalue weighted by molar-refractivity contribution is -0.00826. The van der Waals surface area contributed by atoms with Gasteiger partial charge in [0.1, 0.15) is 0 Å². The van der Waals surface area contributed by atoms with E-state index in [2.05, 4.69) is 11.9 Å². The standard InChI is InChI=1S/C10H19N3O/c1-11(2)10(14)13-7-6-12(3)8-4-5-9(8)13/h8-9H,4-7H2,1-3H3. The molecule has 0 aromatic carbocycles. The molecule has 4 nitrogen and oxygen atoms in total. The van der Waals surface area contributed by atoms with Gasteiger partial charge in [0.05, 0.1) is 0 Å². The van der Waals surface area contributed by atoms with Crippen molar-refractivity contribution in [3.05, 3.63) is 0 Å². The maximum atomic E-state index is 11.8. The topological polar surface area (TPSA) is 26.8 Å². The first-order valence-electron chi connectivity index (χ1n) is 5.29. The minimum Gasteiger partial charge on any atom is -0.331 e. The largest absolute Gasteiger partial charge is 0.331 e. The summed E-state index contributed by atoms with van der Waals surface area (Å²) in [5.74, 6) is 0. The number of hydrogen-bond donors (Lipinski definition) is 0. The van der Waals surface area contributed by atoms with Gasteiger partial charge in [0.15, 0.2) is 0 Å². The number of carbonyl (C=O) groups is 1. The highest BCUT2D eigenvalue weighted by Gasteiger charge is 2.43. The van der Waals surface area contributed by atoms with E-state index >= 15 is 0 Å². The highest BCUT2D eigenvalue weighted by atomic mass is 16.2. The molecule has 4 heteroatoms. The van der Waals surface area contributed by atoms with E-state index in [1.165, 1.54) is 12.8 Å². The summed E-state index contributed by atoms with van der Waals surface area (Å²) in [6.45, 7) is 1.90. The van der Waals surface area contributed by atoms with Crippen LogP contribution in [0.4, 0.5) is 4.79 Å². The van der Waals surface area contributed by atoms with Gasteiger partial charge in [0, 0.05) is 39.3 Å². The van der Waals surface area contributed by atoms with E-state index in [4.69, 9.17) is 0 Å². The molecule has 2 atom stereocenters. The third-order valence-electron chi connectivity index (χ3n) is 3.49. The Morgan fingerprint density at radius 1 is 1.21 bits per heavy atom. The van der Waals surface area contributed by atoms with Gasteiger partial charge in [-0.1, -0.05) is 0 Å². The molecule has 2 fully saturated rings.